The van der Waals surface area contributed by atoms with E-state index in [1.807, 2.05) is 19.2 Å². The zero-order chi connectivity index (χ0) is 13.7. The Bertz CT molecular complexity index is 440. The fourth-order valence-corrected chi connectivity index (χ4v) is 2.81. The first-order valence-electron chi connectivity index (χ1n) is 6.80. The van der Waals surface area contributed by atoms with Crippen LogP contribution in [0.1, 0.15) is 18.4 Å². The normalized spacial score (nSPS) is 19.4. The van der Waals surface area contributed by atoms with E-state index in [1.54, 1.807) is 12.1 Å². The molecule has 0 aliphatic carbocycles. The number of hydrogen-bond acceptors (Lipinski definition) is 4. The molecule has 112 valence electrons. The molecule has 0 spiro atoms. The summed E-state index contributed by atoms with van der Waals surface area (Å²) in [6.07, 6.45) is 2.42. The average molecular weight is 300 g/mol. The molecule has 1 aromatic rings. The van der Waals surface area contributed by atoms with E-state index < -0.39 is 0 Å². The highest BCUT2D eigenvalue weighted by Crippen LogP contribution is 2.23. The third kappa shape index (κ3) is 4.44. The maximum Gasteiger partial charge on any atom is 0.273 e. The standard InChI is InChI=1S/C14H21N3O2.ClH/c1-15-9-12-5-4-8-16(10-12)11-13-6-2-3-7-14(13)17(18)19;/h2-3,6-7,12,15H,4-5,8-11H2,1H3;1H. The number of rotatable bonds is 5. The van der Waals surface area contributed by atoms with Crippen molar-refractivity contribution >= 4 is 18.1 Å². The molecule has 5 nitrogen and oxygen atoms in total. The lowest BCUT2D eigenvalue weighted by Crippen LogP contribution is -2.38. The van der Waals surface area contributed by atoms with Gasteiger partial charge in [0, 0.05) is 24.7 Å². The van der Waals surface area contributed by atoms with Crippen molar-refractivity contribution in [3.05, 3.63) is 39.9 Å². The predicted octanol–water partition coefficient (Wildman–Crippen LogP) is 2.45. The van der Waals surface area contributed by atoms with Crippen molar-refractivity contribution < 1.29 is 4.92 Å². The van der Waals surface area contributed by atoms with Crippen LogP contribution >= 0.6 is 12.4 Å². The highest BCUT2D eigenvalue weighted by molar-refractivity contribution is 5.85. The number of hydrogen-bond donors (Lipinski definition) is 1. The number of benzene rings is 1. The Hall–Kier alpha value is -1.17. The number of nitrogens with one attached hydrogen (secondary N) is 1. The fraction of sp³-hybridized carbons (Fsp3) is 0.571. The largest absolute Gasteiger partial charge is 0.319 e. The van der Waals surface area contributed by atoms with E-state index in [-0.39, 0.29) is 23.0 Å². The van der Waals surface area contributed by atoms with E-state index in [1.165, 1.54) is 12.8 Å². The van der Waals surface area contributed by atoms with Gasteiger partial charge in [-0.3, -0.25) is 15.0 Å². The summed E-state index contributed by atoms with van der Waals surface area (Å²) in [6, 6.07) is 7.04. The Kier molecular flexibility index (Phi) is 6.91. The lowest BCUT2D eigenvalue weighted by molar-refractivity contribution is -0.385. The molecule has 1 saturated heterocycles. The first-order valence-corrected chi connectivity index (χ1v) is 6.80. The van der Waals surface area contributed by atoms with Gasteiger partial charge < -0.3 is 5.32 Å². The van der Waals surface area contributed by atoms with Gasteiger partial charge >= 0.3 is 0 Å². The molecule has 0 aromatic heterocycles. The van der Waals surface area contributed by atoms with Crippen LogP contribution in [0.15, 0.2) is 24.3 Å². The third-order valence-corrected chi connectivity index (χ3v) is 3.68. The Labute approximate surface area is 125 Å². The zero-order valence-corrected chi connectivity index (χ0v) is 12.6. The monoisotopic (exact) mass is 299 g/mol. The van der Waals surface area contributed by atoms with Gasteiger partial charge in [-0.05, 0) is 38.9 Å². The number of nitro benzene ring substituents is 1. The molecule has 0 saturated carbocycles. The number of piperidine rings is 1. The van der Waals surface area contributed by atoms with Gasteiger partial charge in [0.05, 0.1) is 4.92 Å². The first-order chi connectivity index (χ1) is 9.20. The summed E-state index contributed by atoms with van der Waals surface area (Å²) >= 11 is 0. The van der Waals surface area contributed by atoms with Crippen LogP contribution in [0.3, 0.4) is 0 Å². The van der Waals surface area contributed by atoms with Gasteiger partial charge in [-0.1, -0.05) is 18.2 Å². The highest BCUT2D eigenvalue weighted by atomic mass is 35.5. The number of nitro groups is 1. The van der Waals surface area contributed by atoms with Crippen molar-refractivity contribution in [2.45, 2.75) is 19.4 Å². The number of likely N-dealkylation sites (tertiary alicyclic amines) is 1. The smallest absolute Gasteiger partial charge is 0.273 e. The van der Waals surface area contributed by atoms with Crippen LogP contribution in [0.4, 0.5) is 5.69 Å². The molecule has 1 aliphatic heterocycles. The van der Waals surface area contributed by atoms with Crippen molar-refractivity contribution in [3.8, 4) is 0 Å². The molecule has 1 aromatic carbocycles. The fourth-order valence-electron chi connectivity index (χ4n) is 2.81. The summed E-state index contributed by atoms with van der Waals surface area (Å²) in [5, 5.41) is 14.2. The predicted molar refractivity (Wildman–Crippen MR) is 82.3 cm³/mol. The molecule has 20 heavy (non-hydrogen) atoms. The maximum absolute atomic E-state index is 11.0. The number of para-hydroxylation sites is 1. The molecule has 0 amide bonds. The summed E-state index contributed by atoms with van der Waals surface area (Å²) in [4.78, 5) is 13.0. The molecule has 0 bridgehead atoms. The molecular weight excluding hydrogens is 278 g/mol. The Morgan fingerprint density at radius 1 is 1.45 bits per heavy atom. The van der Waals surface area contributed by atoms with Crippen LogP contribution in [0.25, 0.3) is 0 Å². The molecular formula is C14H22ClN3O2. The molecule has 2 rings (SSSR count). The van der Waals surface area contributed by atoms with Crippen LogP contribution < -0.4 is 5.32 Å². The Morgan fingerprint density at radius 2 is 2.20 bits per heavy atom. The molecule has 6 heteroatoms. The Balaban J connectivity index is 0.00000200. The molecule has 1 unspecified atom stereocenters. The minimum Gasteiger partial charge on any atom is -0.319 e. The van der Waals surface area contributed by atoms with E-state index >= 15 is 0 Å². The molecule has 1 heterocycles. The lowest BCUT2D eigenvalue weighted by atomic mass is 9.97. The van der Waals surface area contributed by atoms with E-state index in [9.17, 15) is 10.1 Å². The van der Waals surface area contributed by atoms with Gasteiger partial charge in [0.1, 0.15) is 0 Å². The van der Waals surface area contributed by atoms with E-state index in [2.05, 4.69) is 10.2 Å². The maximum atomic E-state index is 11.0. The molecule has 1 N–H and O–H groups in total. The summed E-state index contributed by atoms with van der Waals surface area (Å²) in [7, 11) is 1.97. The zero-order valence-electron chi connectivity index (χ0n) is 11.7. The van der Waals surface area contributed by atoms with Gasteiger partial charge in [0.15, 0.2) is 0 Å². The average Bonchev–Trinajstić information content (AvgIpc) is 2.40. The molecule has 1 aliphatic rings. The van der Waals surface area contributed by atoms with Crippen LogP contribution in [0.2, 0.25) is 0 Å². The van der Waals surface area contributed by atoms with E-state index in [4.69, 9.17) is 0 Å². The van der Waals surface area contributed by atoms with Crippen molar-refractivity contribution in [1.82, 2.24) is 10.2 Å². The van der Waals surface area contributed by atoms with Crippen molar-refractivity contribution in [1.29, 1.82) is 0 Å². The van der Waals surface area contributed by atoms with Gasteiger partial charge in [-0.25, -0.2) is 0 Å². The third-order valence-electron chi connectivity index (χ3n) is 3.68. The SMILES string of the molecule is CNCC1CCCN(Cc2ccccc2[N+](=O)[O-])C1.Cl. The molecule has 0 radical (unpaired) electrons. The lowest BCUT2D eigenvalue weighted by Gasteiger charge is -2.32. The number of nitrogens with zero attached hydrogens (tertiary/aromatic N) is 2. The summed E-state index contributed by atoms with van der Waals surface area (Å²) in [6.45, 7) is 3.75. The van der Waals surface area contributed by atoms with Gasteiger partial charge in [0.25, 0.3) is 5.69 Å². The quantitative estimate of drug-likeness (QED) is 0.670. The summed E-state index contributed by atoms with van der Waals surface area (Å²) in [5.41, 5.74) is 1.05. The minimum atomic E-state index is -0.287. The van der Waals surface area contributed by atoms with Crippen LogP contribution in [-0.2, 0) is 6.54 Å². The summed E-state index contributed by atoms with van der Waals surface area (Å²) < 4.78 is 0. The van der Waals surface area contributed by atoms with Gasteiger partial charge in [-0.2, -0.15) is 0 Å². The second-order valence-electron chi connectivity index (χ2n) is 5.19. The van der Waals surface area contributed by atoms with Gasteiger partial charge in [-0.15, -0.1) is 12.4 Å². The molecule has 1 atom stereocenters. The van der Waals surface area contributed by atoms with E-state index in [0.717, 1.165) is 25.2 Å². The second-order valence-corrected chi connectivity index (χ2v) is 5.19. The topological polar surface area (TPSA) is 58.4 Å². The van der Waals surface area contributed by atoms with Crippen LogP contribution in [-0.4, -0.2) is 36.5 Å². The Morgan fingerprint density at radius 3 is 2.90 bits per heavy atom. The number of halogens is 1. The van der Waals surface area contributed by atoms with Crippen molar-refractivity contribution in [3.63, 3.8) is 0 Å². The molecule has 1 fully saturated rings. The highest BCUT2D eigenvalue weighted by Gasteiger charge is 2.21. The van der Waals surface area contributed by atoms with E-state index in [0.29, 0.717) is 12.5 Å². The second kappa shape index (κ2) is 8.19. The van der Waals surface area contributed by atoms with Crippen molar-refractivity contribution in [2.24, 2.45) is 5.92 Å². The minimum absolute atomic E-state index is 0. The summed E-state index contributed by atoms with van der Waals surface area (Å²) in [5.74, 6) is 0.654. The van der Waals surface area contributed by atoms with Crippen LogP contribution in [0, 0.1) is 16.0 Å². The van der Waals surface area contributed by atoms with Gasteiger partial charge in [0.2, 0.25) is 0 Å². The van der Waals surface area contributed by atoms with Crippen LogP contribution in [0.5, 0.6) is 0 Å². The first kappa shape index (κ1) is 16.9. The van der Waals surface area contributed by atoms with Crippen molar-refractivity contribution in [2.75, 3.05) is 26.7 Å².